The van der Waals surface area contributed by atoms with Gasteiger partial charge >= 0.3 is 0 Å². The number of carbonyl (C=O) groups excluding carboxylic acids is 2. The van der Waals surface area contributed by atoms with Crippen LogP contribution in [0.25, 0.3) is 21.7 Å². The molecular formula is C16H12O4. The zero-order valence-electron chi connectivity index (χ0n) is 10.9. The van der Waals surface area contributed by atoms with E-state index in [-0.39, 0.29) is 0 Å². The van der Waals surface area contributed by atoms with Crippen LogP contribution in [-0.4, -0.2) is 19.2 Å². The zero-order chi connectivity index (χ0) is 14.1. The largest absolute Gasteiger partial charge is 0.465 e. The Kier molecular flexibility index (Phi) is 2.99. The third kappa shape index (κ3) is 1.69. The van der Waals surface area contributed by atoms with Crippen LogP contribution in [0.4, 0.5) is 0 Å². The molecule has 3 aromatic rings. The van der Waals surface area contributed by atoms with Crippen molar-refractivity contribution >= 4 is 34.3 Å². The molecule has 20 heavy (non-hydrogen) atoms. The Balaban J connectivity index is 2.51. The average Bonchev–Trinajstić information content (AvgIpc) is 2.88. The van der Waals surface area contributed by atoms with Crippen LogP contribution >= 0.6 is 0 Å². The molecule has 1 aromatic heterocycles. The maximum absolute atomic E-state index is 11.4. The predicted molar refractivity (Wildman–Crippen MR) is 75.7 cm³/mol. The second kappa shape index (κ2) is 4.81. The highest BCUT2D eigenvalue weighted by Gasteiger charge is 2.17. The topological polar surface area (TPSA) is 56.5 Å². The van der Waals surface area contributed by atoms with E-state index in [0.717, 1.165) is 18.0 Å². The van der Waals surface area contributed by atoms with Crippen molar-refractivity contribution < 1.29 is 18.7 Å². The second-order valence-corrected chi connectivity index (χ2v) is 4.35. The van der Waals surface area contributed by atoms with Crippen molar-refractivity contribution in [3.05, 3.63) is 41.5 Å². The number of ether oxygens (including phenoxy) is 1. The van der Waals surface area contributed by atoms with Crippen molar-refractivity contribution in [3.8, 4) is 5.95 Å². The van der Waals surface area contributed by atoms with Gasteiger partial charge in [-0.2, -0.15) is 0 Å². The summed E-state index contributed by atoms with van der Waals surface area (Å²) in [5, 5.41) is 2.04. The first-order chi connectivity index (χ1) is 9.80. The van der Waals surface area contributed by atoms with Gasteiger partial charge in [0.05, 0.1) is 12.2 Å². The van der Waals surface area contributed by atoms with Crippen LogP contribution in [0, 0.1) is 0 Å². The first-order valence-electron chi connectivity index (χ1n) is 6.31. The van der Waals surface area contributed by atoms with Crippen LogP contribution in [0.15, 0.2) is 34.7 Å². The van der Waals surface area contributed by atoms with Gasteiger partial charge in [0.1, 0.15) is 5.58 Å². The lowest BCUT2D eigenvalue weighted by atomic mass is 9.97. The number of aldehydes is 2. The van der Waals surface area contributed by atoms with E-state index in [0.29, 0.717) is 40.0 Å². The molecule has 1 heterocycles. The molecule has 0 atom stereocenters. The van der Waals surface area contributed by atoms with Crippen LogP contribution in [0.5, 0.6) is 5.95 Å². The molecule has 0 saturated carbocycles. The van der Waals surface area contributed by atoms with Crippen LogP contribution in [0.3, 0.4) is 0 Å². The highest BCUT2D eigenvalue weighted by molar-refractivity contribution is 6.18. The van der Waals surface area contributed by atoms with Crippen LogP contribution < -0.4 is 4.74 Å². The number of furan rings is 1. The summed E-state index contributed by atoms with van der Waals surface area (Å²) in [7, 11) is 0. The summed E-state index contributed by atoms with van der Waals surface area (Å²) in [5.74, 6) is 0.309. The van der Waals surface area contributed by atoms with Gasteiger partial charge in [0.2, 0.25) is 0 Å². The number of hydrogen-bond donors (Lipinski definition) is 0. The summed E-state index contributed by atoms with van der Waals surface area (Å²) in [6.45, 7) is 2.29. The number of fused-ring (bicyclic) bond motifs is 2. The molecule has 0 fully saturated rings. The fourth-order valence-corrected chi connectivity index (χ4v) is 2.45. The van der Waals surface area contributed by atoms with Gasteiger partial charge in [0, 0.05) is 17.0 Å². The monoisotopic (exact) mass is 268 g/mol. The number of rotatable bonds is 4. The first-order valence-corrected chi connectivity index (χ1v) is 6.31. The van der Waals surface area contributed by atoms with Gasteiger partial charge < -0.3 is 9.15 Å². The first kappa shape index (κ1) is 12.4. The van der Waals surface area contributed by atoms with Gasteiger partial charge in [-0.25, -0.2) is 0 Å². The SMILES string of the molecule is CCOc1cc2c(C=O)c3ccccc3c(C=O)c2o1. The lowest BCUT2D eigenvalue weighted by Crippen LogP contribution is -1.91. The van der Waals surface area contributed by atoms with Crippen LogP contribution in [0.1, 0.15) is 27.6 Å². The van der Waals surface area contributed by atoms with Gasteiger partial charge in [0.25, 0.3) is 5.95 Å². The molecule has 0 spiro atoms. The van der Waals surface area contributed by atoms with E-state index >= 15 is 0 Å². The molecular weight excluding hydrogens is 256 g/mol. The quantitative estimate of drug-likeness (QED) is 0.678. The molecule has 0 aliphatic carbocycles. The Hall–Kier alpha value is -2.62. The van der Waals surface area contributed by atoms with E-state index in [1.165, 1.54) is 0 Å². The Bertz CT molecular complexity index is 750. The fraction of sp³-hybridized carbons (Fsp3) is 0.125. The van der Waals surface area contributed by atoms with Crippen LogP contribution in [-0.2, 0) is 0 Å². The molecule has 2 aromatic carbocycles. The minimum atomic E-state index is 0.309. The second-order valence-electron chi connectivity index (χ2n) is 4.35. The maximum atomic E-state index is 11.4. The summed E-state index contributed by atoms with van der Waals surface area (Å²) in [5.41, 5.74) is 1.34. The van der Waals surface area contributed by atoms with E-state index < -0.39 is 0 Å². The van der Waals surface area contributed by atoms with Gasteiger partial charge in [0.15, 0.2) is 12.6 Å². The van der Waals surface area contributed by atoms with Crippen LogP contribution in [0.2, 0.25) is 0 Å². The Labute approximate surface area is 114 Å². The average molecular weight is 268 g/mol. The van der Waals surface area contributed by atoms with Crippen molar-refractivity contribution in [2.24, 2.45) is 0 Å². The molecule has 0 N–H and O–H groups in total. The van der Waals surface area contributed by atoms with Gasteiger partial charge in [-0.3, -0.25) is 9.59 Å². The van der Waals surface area contributed by atoms with Crippen molar-refractivity contribution in [3.63, 3.8) is 0 Å². The van der Waals surface area contributed by atoms with Crippen molar-refractivity contribution in [1.82, 2.24) is 0 Å². The third-order valence-electron chi connectivity index (χ3n) is 3.27. The number of benzene rings is 2. The molecule has 0 radical (unpaired) electrons. The molecule has 3 rings (SSSR count). The Morgan fingerprint density at radius 3 is 2.30 bits per heavy atom. The van der Waals surface area contributed by atoms with E-state index in [4.69, 9.17) is 9.15 Å². The minimum absolute atomic E-state index is 0.309. The summed E-state index contributed by atoms with van der Waals surface area (Å²) < 4.78 is 10.9. The molecule has 4 nitrogen and oxygen atoms in total. The van der Waals surface area contributed by atoms with Crippen molar-refractivity contribution in [2.75, 3.05) is 6.61 Å². The molecule has 0 unspecified atom stereocenters. The molecule has 4 heteroatoms. The highest BCUT2D eigenvalue weighted by Crippen LogP contribution is 2.35. The molecule has 0 aliphatic rings. The van der Waals surface area contributed by atoms with E-state index in [9.17, 15) is 9.59 Å². The molecule has 0 saturated heterocycles. The summed E-state index contributed by atoms with van der Waals surface area (Å²) in [6, 6.07) is 8.93. The molecule has 0 aliphatic heterocycles. The fourth-order valence-electron chi connectivity index (χ4n) is 2.45. The normalized spacial score (nSPS) is 10.8. The predicted octanol–water partition coefficient (Wildman–Crippen LogP) is 3.61. The lowest BCUT2D eigenvalue weighted by molar-refractivity contribution is 0.111. The van der Waals surface area contributed by atoms with Crippen molar-refractivity contribution in [2.45, 2.75) is 6.92 Å². The van der Waals surface area contributed by atoms with E-state index in [1.54, 1.807) is 12.1 Å². The van der Waals surface area contributed by atoms with E-state index in [2.05, 4.69) is 0 Å². The van der Waals surface area contributed by atoms with Gasteiger partial charge in [-0.15, -0.1) is 0 Å². The maximum Gasteiger partial charge on any atom is 0.285 e. The minimum Gasteiger partial charge on any atom is -0.465 e. The Morgan fingerprint density at radius 1 is 1.05 bits per heavy atom. The summed E-state index contributed by atoms with van der Waals surface area (Å²) in [6.07, 6.45) is 1.53. The van der Waals surface area contributed by atoms with Gasteiger partial charge in [-0.05, 0) is 17.7 Å². The summed E-state index contributed by atoms with van der Waals surface area (Å²) in [4.78, 5) is 22.8. The third-order valence-corrected chi connectivity index (χ3v) is 3.27. The van der Waals surface area contributed by atoms with Crippen molar-refractivity contribution in [1.29, 1.82) is 0 Å². The number of hydrogen-bond acceptors (Lipinski definition) is 4. The number of carbonyl (C=O) groups is 2. The van der Waals surface area contributed by atoms with Gasteiger partial charge in [-0.1, -0.05) is 24.3 Å². The summed E-state index contributed by atoms with van der Waals surface area (Å²) >= 11 is 0. The lowest BCUT2D eigenvalue weighted by Gasteiger charge is -2.05. The highest BCUT2D eigenvalue weighted by atomic mass is 16.6. The molecule has 0 bridgehead atoms. The Morgan fingerprint density at radius 2 is 1.70 bits per heavy atom. The molecule has 0 amide bonds. The standard InChI is InChI=1S/C16H12O4/c1-2-19-15-7-12-13(8-17)10-5-3-4-6-11(10)14(9-18)16(12)20-15/h3-9H,2H2,1H3. The van der Waals surface area contributed by atoms with E-state index in [1.807, 2.05) is 25.1 Å². The molecule has 100 valence electrons. The zero-order valence-corrected chi connectivity index (χ0v) is 10.9. The smallest absolute Gasteiger partial charge is 0.285 e.